The molecule has 122 valence electrons. The number of nitriles is 1. The molecule has 6 nitrogen and oxygen atoms in total. The molecular formula is C18H19N5O. The molecule has 1 aliphatic heterocycles. The van der Waals surface area contributed by atoms with Crippen molar-refractivity contribution in [3.05, 3.63) is 42.4 Å². The van der Waals surface area contributed by atoms with Crippen LogP contribution in [0.15, 0.2) is 36.8 Å². The highest BCUT2D eigenvalue weighted by atomic mass is 16.2. The molecule has 0 spiro atoms. The van der Waals surface area contributed by atoms with Gasteiger partial charge in [0.2, 0.25) is 5.91 Å². The number of rotatable bonds is 3. The fourth-order valence-corrected chi connectivity index (χ4v) is 2.89. The van der Waals surface area contributed by atoms with E-state index < -0.39 is 0 Å². The lowest BCUT2D eigenvalue weighted by Crippen LogP contribution is -2.49. The van der Waals surface area contributed by atoms with Crippen molar-refractivity contribution in [3.63, 3.8) is 0 Å². The van der Waals surface area contributed by atoms with Gasteiger partial charge in [0.15, 0.2) is 0 Å². The third kappa shape index (κ3) is 3.20. The van der Waals surface area contributed by atoms with Gasteiger partial charge in [0.05, 0.1) is 5.56 Å². The molecular weight excluding hydrogens is 302 g/mol. The minimum absolute atomic E-state index is 0.177. The van der Waals surface area contributed by atoms with Crippen molar-refractivity contribution in [1.29, 1.82) is 5.26 Å². The third-order valence-corrected chi connectivity index (χ3v) is 4.24. The Morgan fingerprint density at radius 2 is 1.92 bits per heavy atom. The van der Waals surface area contributed by atoms with Gasteiger partial charge < -0.3 is 9.80 Å². The zero-order chi connectivity index (χ0) is 16.9. The smallest absolute Gasteiger partial charge is 0.222 e. The number of piperazine rings is 1. The minimum Gasteiger partial charge on any atom is -0.352 e. The number of pyridine rings is 2. The quantitative estimate of drug-likeness (QED) is 0.865. The Labute approximate surface area is 141 Å². The van der Waals surface area contributed by atoms with E-state index in [1.54, 1.807) is 18.6 Å². The van der Waals surface area contributed by atoms with E-state index >= 15 is 0 Å². The van der Waals surface area contributed by atoms with Gasteiger partial charge in [0, 0.05) is 56.8 Å². The van der Waals surface area contributed by atoms with Gasteiger partial charge in [-0.3, -0.25) is 9.78 Å². The van der Waals surface area contributed by atoms with Crippen LogP contribution in [0.3, 0.4) is 0 Å². The van der Waals surface area contributed by atoms with Crippen molar-refractivity contribution in [2.75, 3.05) is 31.1 Å². The summed E-state index contributed by atoms with van der Waals surface area (Å²) in [4.78, 5) is 24.2. The lowest BCUT2D eigenvalue weighted by Gasteiger charge is -2.35. The van der Waals surface area contributed by atoms with Gasteiger partial charge in [-0.25, -0.2) is 4.98 Å². The Balaban J connectivity index is 1.80. The normalized spacial score (nSPS) is 14.3. The first-order valence-corrected chi connectivity index (χ1v) is 8.06. The highest BCUT2D eigenvalue weighted by molar-refractivity contribution is 5.76. The molecule has 0 aromatic carbocycles. The summed E-state index contributed by atoms with van der Waals surface area (Å²) in [7, 11) is 0. The van der Waals surface area contributed by atoms with Crippen molar-refractivity contribution in [2.24, 2.45) is 0 Å². The summed E-state index contributed by atoms with van der Waals surface area (Å²) in [6.07, 6.45) is 5.76. The molecule has 2 aromatic rings. The molecule has 1 saturated heterocycles. The van der Waals surface area contributed by atoms with E-state index in [-0.39, 0.29) is 5.91 Å². The molecule has 3 heterocycles. The summed E-state index contributed by atoms with van der Waals surface area (Å²) in [5, 5.41) is 9.51. The maximum absolute atomic E-state index is 11.8. The molecule has 0 unspecified atom stereocenters. The van der Waals surface area contributed by atoms with E-state index in [2.05, 4.69) is 20.9 Å². The maximum atomic E-state index is 11.8. The van der Waals surface area contributed by atoms with E-state index in [0.717, 1.165) is 11.1 Å². The van der Waals surface area contributed by atoms with E-state index in [1.807, 2.05) is 30.0 Å². The maximum Gasteiger partial charge on any atom is 0.222 e. The number of aromatic nitrogens is 2. The summed E-state index contributed by atoms with van der Waals surface area (Å²) in [5.41, 5.74) is 2.44. The summed E-state index contributed by atoms with van der Waals surface area (Å²) in [6.45, 7) is 4.61. The van der Waals surface area contributed by atoms with Gasteiger partial charge in [0.1, 0.15) is 11.9 Å². The lowest BCUT2D eigenvalue weighted by atomic mass is 10.1. The molecule has 0 saturated carbocycles. The zero-order valence-electron chi connectivity index (χ0n) is 13.6. The number of amides is 1. The van der Waals surface area contributed by atoms with Crippen LogP contribution in [0.25, 0.3) is 11.1 Å². The second-order valence-corrected chi connectivity index (χ2v) is 5.66. The van der Waals surface area contributed by atoms with E-state index in [9.17, 15) is 10.1 Å². The Bertz CT molecular complexity index is 761. The monoisotopic (exact) mass is 321 g/mol. The number of carbonyl (C=O) groups excluding carboxylic acids is 1. The van der Waals surface area contributed by atoms with E-state index in [4.69, 9.17) is 0 Å². The fraction of sp³-hybridized carbons (Fsp3) is 0.333. The lowest BCUT2D eigenvalue weighted by molar-refractivity contribution is -0.131. The molecule has 1 amide bonds. The van der Waals surface area contributed by atoms with Crippen molar-refractivity contribution < 1.29 is 4.79 Å². The largest absolute Gasteiger partial charge is 0.352 e. The SMILES string of the molecule is CCC(=O)N1CCN(c2ncc(-c3ccncc3)cc2C#N)CC1. The molecule has 1 aliphatic rings. The van der Waals surface area contributed by atoms with Crippen LogP contribution in [0, 0.1) is 11.3 Å². The molecule has 3 rings (SSSR count). The molecule has 0 N–H and O–H groups in total. The summed E-state index contributed by atoms with van der Waals surface area (Å²) in [5.74, 6) is 0.870. The molecule has 6 heteroatoms. The summed E-state index contributed by atoms with van der Waals surface area (Å²) in [6, 6.07) is 7.90. The predicted molar refractivity (Wildman–Crippen MR) is 91.3 cm³/mol. The van der Waals surface area contributed by atoms with Crippen LogP contribution in [0.2, 0.25) is 0 Å². The van der Waals surface area contributed by atoms with Crippen molar-refractivity contribution in [1.82, 2.24) is 14.9 Å². The van der Waals surface area contributed by atoms with Crippen LogP contribution in [0.1, 0.15) is 18.9 Å². The van der Waals surface area contributed by atoms with Gasteiger partial charge in [0.25, 0.3) is 0 Å². The van der Waals surface area contributed by atoms with E-state index in [0.29, 0.717) is 44.0 Å². The van der Waals surface area contributed by atoms with E-state index in [1.165, 1.54) is 0 Å². The Morgan fingerprint density at radius 3 is 2.54 bits per heavy atom. The Kier molecular flexibility index (Phi) is 4.71. The topological polar surface area (TPSA) is 73.1 Å². The fourth-order valence-electron chi connectivity index (χ4n) is 2.89. The highest BCUT2D eigenvalue weighted by Crippen LogP contribution is 2.25. The number of hydrogen-bond donors (Lipinski definition) is 0. The molecule has 0 bridgehead atoms. The van der Waals surface area contributed by atoms with Crippen LogP contribution in [0.5, 0.6) is 0 Å². The summed E-state index contributed by atoms with van der Waals surface area (Å²) >= 11 is 0. The predicted octanol–water partition coefficient (Wildman–Crippen LogP) is 2.07. The molecule has 0 aliphatic carbocycles. The molecule has 0 atom stereocenters. The molecule has 2 aromatic heterocycles. The number of nitrogens with zero attached hydrogens (tertiary/aromatic N) is 5. The van der Waals surface area contributed by atoms with Gasteiger partial charge in [-0.2, -0.15) is 5.26 Å². The average Bonchev–Trinajstić information content (AvgIpc) is 2.67. The first-order valence-electron chi connectivity index (χ1n) is 8.06. The van der Waals surface area contributed by atoms with Crippen LogP contribution in [-0.2, 0) is 4.79 Å². The second-order valence-electron chi connectivity index (χ2n) is 5.66. The minimum atomic E-state index is 0.177. The third-order valence-electron chi connectivity index (χ3n) is 4.24. The van der Waals surface area contributed by atoms with Crippen LogP contribution in [-0.4, -0.2) is 47.0 Å². The number of hydrogen-bond acceptors (Lipinski definition) is 5. The second kappa shape index (κ2) is 7.09. The Morgan fingerprint density at radius 1 is 1.21 bits per heavy atom. The van der Waals surface area contributed by atoms with Crippen LogP contribution >= 0.6 is 0 Å². The molecule has 24 heavy (non-hydrogen) atoms. The summed E-state index contributed by atoms with van der Waals surface area (Å²) < 4.78 is 0. The number of carbonyl (C=O) groups is 1. The van der Waals surface area contributed by atoms with Crippen molar-refractivity contribution >= 4 is 11.7 Å². The number of anilines is 1. The zero-order valence-corrected chi connectivity index (χ0v) is 13.6. The van der Waals surface area contributed by atoms with Gasteiger partial charge >= 0.3 is 0 Å². The average molecular weight is 321 g/mol. The van der Waals surface area contributed by atoms with Crippen LogP contribution < -0.4 is 4.90 Å². The first kappa shape index (κ1) is 15.9. The standard InChI is InChI=1S/C18H19N5O/c1-2-17(24)22-7-9-23(10-8-22)18-15(12-19)11-16(13-21-18)14-3-5-20-6-4-14/h3-6,11,13H,2,7-10H2,1H3. The van der Waals surface area contributed by atoms with Gasteiger partial charge in [-0.05, 0) is 23.8 Å². The Hall–Kier alpha value is -2.94. The van der Waals surface area contributed by atoms with Gasteiger partial charge in [-0.1, -0.05) is 6.92 Å². The van der Waals surface area contributed by atoms with Crippen molar-refractivity contribution in [2.45, 2.75) is 13.3 Å². The molecule has 1 fully saturated rings. The first-order chi connectivity index (χ1) is 11.7. The highest BCUT2D eigenvalue weighted by Gasteiger charge is 2.22. The molecule has 0 radical (unpaired) electrons. The van der Waals surface area contributed by atoms with Crippen molar-refractivity contribution in [3.8, 4) is 17.2 Å². The van der Waals surface area contributed by atoms with Crippen LogP contribution in [0.4, 0.5) is 5.82 Å². The van der Waals surface area contributed by atoms with Gasteiger partial charge in [-0.15, -0.1) is 0 Å².